The summed E-state index contributed by atoms with van der Waals surface area (Å²) in [6.07, 6.45) is 1.53. The van der Waals surface area contributed by atoms with E-state index in [-0.39, 0.29) is 18.0 Å². The maximum atomic E-state index is 13.8. The Hall–Kier alpha value is -4.60. The highest BCUT2D eigenvalue weighted by atomic mass is 79.9. The summed E-state index contributed by atoms with van der Waals surface area (Å²) < 4.78 is 25.4. The number of furan rings is 1. The summed E-state index contributed by atoms with van der Waals surface area (Å²) >= 11 is 9.88. The number of aromatic nitrogens is 2. The van der Waals surface area contributed by atoms with E-state index in [0.29, 0.717) is 50.1 Å². The normalized spacial score (nSPS) is 11.4. The number of para-hydroxylation sites is 1. The lowest BCUT2D eigenvalue weighted by Gasteiger charge is -2.15. The molecule has 0 aliphatic carbocycles. The Bertz CT molecular complexity index is 2040. The molecule has 0 unspecified atom stereocenters. The minimum absolute atomic E-state index is 0.196. The zero-order chi connectivity index (χ0) is 29.2. The first kappa shape index (κ1) is 27.6. The second-order valence-electron chi connectivity index (χ2n) is 9.20. The molecule has 0 radical (unpaired) electrons. The third-order valence-corrected chi connectivity index (χ3v) is 7.45. The Morgan fingerprint density at radius 1 is 0.952 bits per heavy atom. The van der Waals surface area contributed by atoms with Crippen LogP contribution in [0, 0.1) is 0 Å². The van der Waals surface area contributed by atoms with Crippen LogP contribution in [0.4, 0.5) is 0 Å². The van der Waals surface area contributed by atoms with Crippen molar-refractivity contribution in [1.29, 1.82) is 0 Å². The third-order valence-electron chi connectivity index (χ3n) is 6.63. The van der Waals surface area contributed by atoms with Crippen LogP contribution >= 0.6 is 27.5 Å². The molecule has 8 nitrogen and oxygen atoms in total. The highest BCUT2D eigenvalue weighted by molar-refractivity contribution is 9.10. The van der Waals surface area contributed by atoms with Gasteiger partial charge < -0.3 is 18.6 Å². The standard InChI is InChI=1S/C32H23BrClN3O5/c1-39-26-12-7-13-27-23(26)16-29(42-27)31-36-25-11-6-4-9-22(25)32(38)37(31)35-17-20-14-21(33)15-28(40-2)30(20)41-18-19-8-3-5-10-24(19)34/h3-17H,18H2,1-2H3. The number of hydrogen-bond donors (Lipinski definition) is 0. The quantitative estimate of drug-likeness (QED) is 0.158. The summed E-state index contributed by atoms with van der Waals surface area (Å²) in [6, 6.07) is 25.4. The molecule has 6 rings (SSSR count). The lowest BCUT2D eigenvalue weighted by atomic mass is 10.2. The Kier molecular flexibility index (Phi) is 7.69. The first-order valence-corrected chi connectivity index (χ1v) is 14.0. The van der Waals surface area contributed by atoms with Gasteiger partial charge in [-0.05, 0) is 48.5 Å². The van der Waals surface area contributed by atoms with Crippen LogP contribution in [0.15, 0.2) is 104 Å². The van der Waals surface area contributed by atoms with Gasteiger partial charge in [-0.2, -0.15) is 9.78 Å². The fourth-order valence-electron chi connectivity index (χ4n) is 4.59. The molecule has 6 aromatic rings. The molecular formula is C32H23BrClN3O5. The number of nitrogens with zero attached hydrogens (tertiary/aromatic N) is 3. The van der Waals surface area contributed by atoms with Crippen molar-refractivity contribution in [3.05, 3.63) is 116 Å². The summed E-state index contributed by atoms with van der Waals surface area (Å²) in [5.41, 5.74) is 2.12. The zero-order valence-corrected chi connectivity index (χ0v) is 24.8. The molecule has 2 aromatic heterocycles. The van der Waals surface area contributed by atoms with Gasteiger partial charge in [-0.15, -0.1) is 0 Å². The number of fused-ring (bicyclic) bond motifs is 2. The van der Waals surface area contributed by atoms with Crippen LogP contribution in [0.2, 0.25) is 5.02 Å². The minimum atomic E-state index is -0.361. The first-order chi connectivity index (χ1) is 20.5. The number of hydrogen-bond acceptors (Lipinski definition) is 7. The lowest BCUT2D eigenvalue weighted by Crippen LogP contribution is -2.20. The predicted octanol–water partition coefficient (Wildman–Crippen LogP) is 7.70. The van der Waals surface area contributed by atoms with E-state index in [1.165, 1.54) is 10.9 Å². The number of halogens is 2. The predicted molar refractivity (Wildman–Crippen MR) is 167 cm³/mol. The molecule has 0 spiro atoms. The molecule has 0 N–H and O–H groups in total. The fraction of sp³-hybridized carbons (Fsp3) is 0.0938. The maximum absolute atomic E-state index is 13.8. The Morgan fingerprint density at radius 2 is 1.74 bits per heavy atom. The molecule has 4 aromatic carbocycles. The largest absolute Gasteiger partial charge is 0.496 e. The lowest BCUT2D eigenvalue weighted by molar-refractivity contribution is 0.284. The summed E-state index contributed by atoms with van der Waals surface area (Å²) in [6.45, 7) is 0.196. The van der Waals surface area contributed by atoms with Crippen molar-refractivity contribution in [3.8, 4) is 28.8 Å². The van der Waals surface area contributed by atoms with E-state index in [9.17, 15) is 4.79 Å². The highest BCUT2D eigenvalue weighted by Crippen LogP contribution is 2.36. The van der Waals surface area contributed by atoms with Crippen LogP contribution in [0.5, 0.6) is 17.2 Å². The van der Waals surface area contributed by atoms with Gasteiger partial charge in [0.15, 0.2) is 17.3 Å². The van der Waals surface area contributed by atoms with E-state index in [1.807, 2.05) is 48.5 Å². The number of methoxy groups -OCH3 is 2. The van der Waals surface area contributed by atoms with Crippen molar-refractivity contribution in [1.82, 2.24) is 9.66 Å². The first-order valence-electron chi connectivity index (χ1n) is 12.8. The van der Waals surface area contributed by atoms with E-state index in [4.69, 9.17) is 35.2 Å². The van der Waals surface area contributed by atoms with Crippen molar-refractivity contribution >= 4 is 55.6 Å². The molecule has 10 heteroatoms. The van der Waals surface area contributed by atoms with Crippen molar-refractivity contribution in [3.63, 3.8) is 0 Å². The Balaban J connectivity index is 1.49. The molecule has 2 heterocycles. The van der Waals surface area contributed by atoms with E-state index in [2.05, 4.69) is 21.0 Å². The monoisotopic (exact) mass is 643 g/mol. The van der Waals surface area contributed by atoms with Crippen LogP contribution in [0.1, 0.15) is 11.1 Å². The average molecular weight is 645 g/mol. The molecular weight excluding hydrogens is 622 g/mol. The van der Waals surface area contributed by atoms with Gasteiger partial charge in [0.1, 0.15) is 17.9 Å². The molecule has 0 aliphatic heterocycles. The molecule has 42 heavy (non-hydrogen) atoms. The molecule has 0 bridgehead atoms. The fourth-order valence-corrected chi connectivity index (χ4v) is 5.23. The maximum Gasteiger partial charge on any atom is 0.282 e. The second kappa shape index (κ2) is 11.7. The molecule has 0 amide bonds. The molecule has 0 atom stereocenters. The van der Waals surface area contributed by atoms with Crippen LogP contribution in [-0.4, -0.2) is 30.1 Å². The van der Waals surface area contributed by atoms with Crippen LogP contribution in [0.3, 0.4) is 0 Å². The Labute approximate surface area is 253 Å². The van der Waals surface area contributed by atoms with Gasteiger partial charge in [-0.25, -0.2) is 4.98 Å². The van der Waals surface area contributed by atoms with Crippen LogP contribution in [-0.2, 0) is 6.61 Å². The minimum Gasteiger partial charge on any atom is -0.496 e. The topological polar surface area (TPSA) is 88.1 Å². The number of benzene rings is 4. The number of ether oxygens (including phenoxy) is 3. The van der Waals surface area contributed by atoms with Crippen molar-refractivity contribution < 1.29 is 18.6 Å². The highest BCUT2D eigenvalue weighted by Gasteiger charge is 2.19. The van der Waals surface area contributed by atoms with Crippen LogP contribution in [0.25, 0.3) is 33.5 Å². The summed E-state index contributed by atoms with van der Waals surface area (Å²) in [4.78, 5) is 18.5. The molecule has 0 saturated carbocycles. The Morgan fingerprint density at radius 3 is 2.55 bits per heavy atom. The smallest absolute Gasteiger partial charge is 0.282 e. The molecule has 0 aliphatic rings. The van der Waals surface area contributed by atoms with E-state index in [1.54, 1.807) is 50.6 Å². The van der Waals surface area contributed by atoms with E-state index in [0.717, 1.165) is 15.4 Å². The van der Waals surface area contributed by atoms with Crippen molar-refractivity contribution in [2.75, 3.05) is 14.2 Å². The van der Waals surface area contributed by atoms with Gasteiger partial charge in [0.05, 0.1) is 36.7 Å². The van der Waals surface area contributed by atoms with Gasteiger partial charge in [0, 0.05) is 20.6 Å². The van der Waals surface area contributed by atoms with Gasteiger partial charge in [0.25, 0.3) is 5.56 Å². The summed E-state index contributed by atoms with van der Waals surface area (Å²) in [5.74, 6) is 2.14. The summed E-state index contributed by atoms with van der Waals surface area (Å²) in [7, 11) is 3.14. The van der Waals surface area contributed by atoms with Gasteiger partial charge >= 0.3 is 0 Å². The van der Waals surface area contributed by atoms with Gasteiger partial charge in [-0.3, -0.25) is 4.79 Å². The van der Waals surface area contributed by atoms with E-state index >= 15 is 0 Å². The second-order valence-corrected chi connectivity index (χ2v) is 10.5. The molecule has 0 saturated heterocycles. The number of rotatable bonds is 8. The summed E-state index contributed by atoms with van der Waals surface area (Å²) in [5, 5.41) is 6.36. The van der Waals surface area contributed by atoms with Crippen molar-refractivity contribution in [2.24, 2.45) is 5.10 Å². The zero-order valence-electron chi connectivity index (χ0n) is 22.5. The third kappa shape index (κ3) is 5.24. The van der Waals surface area contributed by atoms with Crippen LogP contribution < -0.4 is 19.8 Å². The van der Waals surface area contributed by atoms with Gasteiger partial charge in [0.2, 0.25) is 5.82 Å². The van der Waals surface area contributed by atoms with Gasteiger partial charge in [-0.1, -0.05) is 63.9 Å². The average Bonchev–Trinajstić information content (AvgIpc) is 3.45. The van der Waals surface area contributed by atoms with Crippen molar-refractivity contribution in [2.45, 2.75) is 6.61 Å². The molecule has 210 valence electrons. The van der Waals surface area contributed by atoms with E-state index < -0.39 is 0 Å². The SMILES string of the molecule is COc1cc(Br)cc(C=Nn2c(-c3cc4c(OC)cccc4o3)nc3ccccc3c2=O)c1OCc1ccccc1Cl. The molecule has 0 fully saturated rings.